The van der Waals surface area contributed by atoms with Crippen LogP contribution in [0, 0.1) is 0 Å². The summed E-state index contributed by atoms with van der Waals surface area (Å²) < 4.78 is 4.95. The number of nitrogens with one attached hydrogen (secondary N) is 1. The van der Waals surface area contributed by atoms with Crippen LogP contribution in [0.5, 0.6) is 0 Å². The molecule has 7 nitrogen and oxygen atoms in total. The van der Waals surface area contributed by atoms with E-state index in [2.05, 4.69) is 5.32 Å². The Balaban J connectivity index is 4.42. The molecule has 0 saturated carbocycles. The van der Waals surface area contributed by atoms with Gasteiger partial charge >= 0.3 is 5.97 Å². The Morgan fingerprint density at radius 3 is 2.47 bits per heavy atom. The molecule has 0 aromatic carbocycles. The summed E-state index contributed by atoms with van der Waals surface area (Å²) in [6.45, 7) is 3.65. The Hall–Kier alpha value is -1.63. The van der Waals surface area contributed by atoms with Crippen LogP contribution in [0.1, 0.15) is 39.5 Å². The van der Waals surface area contributed by atoms with E-state index < -0.39 is 29.9 Å². The second-order valence-electron chi connectivity index (χ2n) is 4.28. The van der Waals surface area contributed by atoms with Crippen molar-refractivity contribution in [2.24, 2.45) is 5.73 Å². The molecule has 0 bridgehead atoms. The highest BCUT2D eigenvalue weighted by atomic mass is 16.5. The minimum absolute atomic E-state index is 0.0776. The summed E-state index contributed by atoms with van der Waals surface area (Å²) in [5.41, 5.74) is 5.37. The van der Waals surface area contributed by atoms with Crippen LogP contribution in [0.25, 0.3) is 0 Å². The Kier molecular flexibility index (Phi) is 8.52. The van der Waals surface area contributed by atoms with Crippen LogP contribution in [0.4, 0.5) is 0 Å². The first-order valence-electron chi connectivity index (χ1n) is 6.30. The van der Waals surface area contributed by atoms with E-state index >= 15 is 0 Å². The molecule has 0 rings (SSSR count). The second kappa shape index (κ2) is 9.32. The SMILES string of the molecule is CCCCOC(=O)[C@@H](CCC(=O)[O-])NC(=O)[C@H](C)N. The Bertz CT molecular complexity index is 317. The lowest BCUT2D eigenvalue weighted by molar-refractivity contribution is -0.305. The zero-order valence-electron chi connectivity index (χ0n) is 11.3. The first-order valence-corrected chi connectivity index (χ1v) is 6.30. The molecule has 3 N–H and O–H groups in total. The first kappa shape index (κ1) is 17.4. The van der Waals surface area contributed by atoms with Gasteiger partial charge in [-0.2, -0.15) is 0 Å². The highest BCUT2D eigenvalue weighted by molar-refractivity contribution is 5.87. The van der Waals surface area contributed by atoms with E-state index in [-0.39, 0.29) is 19.4 Å². The van der Waals surface area contributed by atoms with Crippen molar-refractivity contribution in [3.05, 3.63) is 0 Å². The summed E-state index contributed by atoms with van der Waals surface area (Å²) in [6, 6.07) is -1.79. The Labute approximate surface area is 112 Å². The molecule has 0 fully saturated rings. The molecule has 0 aliphatic rings. The third kappa shape index (κ3) is 8.15. The van der Waals surface area contributed by atoms with Gasteiger partial charge in [0.2, 0.25) is 5.91 Å². The number of hydrogen-bond acceptors (Lipinski definition) is 6. The monoisotopic (exact) mass is 273 g/mol. The minimum atomic E-state index is -1.29. The number of aliphatic carboxylic acids is 1. The van der Waals surface area contributed by atoms with Gasteiger partial charge in [-0.3, -0.25) is 4.79 Å². The van der Waals surface area contributed by atoms with Crippen LogP contribution >= 0.6 is 0 Å². The molecule has 0 aromatic heterocycles. The molecular formula is C12H21N2O5-. The lowest BCUT2D eigenvalue weighted by atomic mass is 10.1. The van der Waals surface area contributed by atoms with E-state index in [1.807, 2.05) is 6.92 Å². The zero-order chi connectivity index (χ0) is 14.8. The van der Waals surface area contributed by atoms with Crippen molar-refractivity contribution in [2.45, 2.75) is 51.6 Å². The molecule has 2 atom stereocenters. The van der Waals surface area contributed by atoms with Gasteiger partial charge in [0.1, 0.15) is 6.04 Å². The number of carboxylic acids is 1. The van der Waals surface area contributed by atoms with E-state index in [0.717, 1.165) is 6.42 Å². The number of esters is 1. The summed E-state index contributed by atoms with van der Waals surface area (Å²) >= 11 is 0. The lowest BCUT2D eigenvalue weighted by Crippen LogP contribution is -2.48. The summed E-state index contributed by atoms with van der Waals surface area (Å²) in [6.07, 6.45) is 1.15. The molecule has 0 radical (unpaired) electrons. The third-order valence-corrected chi connectivity index (χ3v) is 2.39. The van der Waals surface area contributed by atoms with Gasteiger partial charge < -0.3 is 25.7 Å². The van der Waals surface area contributed by atoms with Crippen LogP contribution in [-0.2, 0) is 19.1 Å². The van der Waals surface area contributed by atoms with Gasteiger partial charge in [-0.05, 0) is 26.2 Å². The molecule has 19 heavy (non-hydrogen) atoms. The van der Waals surface area contributed by atoms with Gasteiger partial charge in [0.05, 0.1) is 12.6 Å². The van der Waals surface area contributed by atoms with Crippen LogP contribution in [-0.4, -0.2) is 36.5 Å². The normalized spacial score (nSPS) is 13.4. The molecule has 0 saturated heterocycles. The van der Waals surface area contributed by atoms with Gasteiger partial charge in [0, 0.05) is 5.97 Å². The molecular weight excluding hydrogens is 252 g/mol. The van der Waals surface area contributed by atoms with E-state index in [4.69, 9.17) is 10.5 Å². The lowest BCUT2D eigenvalue weighted by Gasteiger charge is -2.19. The number of carbonyl (C=O) groups is 3. The summed E-state index contributed by atoms with van der Waals surface area (Å²) in [5.74, 6) is -2.47. The van der Waals surface area contributed by atoms with Gasteiger partial charge in [-0.15, -0.1) is 0 Å². The molecule has 7 heteroatoms. The van der Waals surface area contributed by atoms with Gasteiger partial charge in [0.15, 0.2) is 0 Å². The molecule has 0 aliphatic carbocycles. The van der Waals surface area contributed by atoms with Gasteiger partial charge in [0.25, 0.3) is 0 Å². The van der Waals surface area contributed by atoms with E-state index in [0.29, 0.717) is 6.42 Å². The largest absolute Gasteiger partial charge is 0.550 e. The number of unbranched alkanes of at least 4 members (excludes halogenated alkanes) is 1. The first-order chi connectivity index (χ1) is 8.88. The summed E-state index contributed by atoms with van der Waals surface area (Å²) in [4.78, 5) is 33.5. The molecule has 1 amide bonds. The number of amides is 1. The number of carbonyl (C=O) groups excluding carboxylic acids is 3. The average Bonchev–Trinajstić information content (AvgIpc) is 2.33. The Morgan fingerprint density at radius 1 is 1.37 bits per heavy atom. The standard InChI is InChI=1S/C12H22N2O5/c1-3-4-7-19-12(18)9(5-6-10(15)16)14-11(17)8(2)13/h8-9H,3-7,13H2,1-2H3,(H,14,17)(H,15,16)/p-1/t8-,9+/m0/s1. The second-order valence-corrected chi connectivity index (χ2v) is 4.28. The average molecular weight is 273 g/mol. The topological polar surface area (TPSA) is 122 Å². The van der Waals surface area contributed by atoms with Crippen molar-refractivity contribution < 1.29 is 24.2 Å². The molecule has 0 aliphatic heterocycles. The number of nitrogens with two attached hydrogens (primary N) is 1. The van der Waals surface area contributed by atoms with E-state index in [9.17, 15) is 19.5 Å². The maximum Gasteiger partial charge on any atom is 0.328 e. The fourth-order valence-electron chi connectivity index (χ4n) is 1.23. The molecule has 0 aromatic rings. The zero-order valence-corrected chi connectivity index (χ0v) is 11.3. The number of carboxylic acid groups (broad SMARTS) is 1. The highest BCUT2D eigenvalue weighted by Gasteiger charge is 2.23. The van der Waals surface area contributed by atoms with Crippen molar-refractivity contribution in [1.82, 2.24) is 5.32 Å². The summed E-state index contributed by atoms with van der Waals surface area (Å²) in [7, 11) is 0. The van der Waals surface area contributed by atoms with E-state index in [1.165, 1.54) is 6.92 Å². The molecule has 0 spiro atoms. The maximum atomic E-state index is 11.7. The van der Waals surface area contributed by atoms with Gasteiger partial charge in [-0.1, -0.05) is 13.3 Å². The highest BCUT2D eigenvalue weighted by Crippen LogP contribution is 2.02. The smallest absolute Gasteiger partial charge is 0.328 e. The third-order valence-electron chi connectivity index (χ3n) is 2.39. The number of rotatable bonds is 9. The van der Waals surface area contributed by atoms with Crippen molar-refractivity contribution in [3.63, 3.8) is 0 Å². The van der Waals surface area contributed by atoms with Crippen molar-refractivity contribution in [2.75, 3.05) is 6.61 Å². The maximum absolute atomic E-state index is 11.7. The van der Waals surface area contributed by atoms with Gasteiger partial charge in [-0.25, -0.2) is 4.79 Å². The van der Waals surface area contributed by atoms with Crippen molar-refractivity contribution in [3.8, 4) is 0 Å². The van der Waals surface area contributed by atoms with Crippen LogP contribution in [0.3, 0.4) is 0 Å². The predicted octanol–water partition coefficient (Wildman–Crippen LogP) is -1.31. The van der Waals surface area contributed by atoms with Crippen LogP contribution < -0.4 is 16.2 Å². The number of ether oxygens (including phenoxy) is 1. The van der Waals surface area contributed by atoms with Crippen LogP contribution in [0.15, 0.2) is 0 Å². The van der Waals surface area contributed by atoms with Crippen molar-refractivity contribution in [1.29, 1.82) is 0 Å². The fourth-order valence-corrected chi connectivity index (χ4v) is 1.23. The fraction of sp³-hybridized carbons (Fsp3) is 0.750. The quantitative estimate of drug-likeness (QED) is 0.397. The predicted molar refractivity (Wildman–Crippen MR) is 65.7 cm³/mol. The summed E-state index contributed by atoms with van der Waals surface area (Å²) in [5, 5.41) is 12.8. The van der Waals surface area contributed by atoms with Crippen LogP contribution in [0.2, 0.25) is 0 Å². The Morgan fingerprint density at radius 2 is 2.00 bits per heavy atom. The van der Waals surface area contributed by atoms with E-state index in [1.54, 1.807) is 0 Å². The van der Waals surface area contributed by atoms with Crippen molar-refractivity contribution >= 4 is 17.8 Å². The molecule has 110 valence electrons. The molecule has 0 unspecified atom stereocenters. The number of hydrogen-bond donors (Lipinski definition) is 2. The molecule has 0 heterocycles. The minimum Gasteiger partial charge on any atom is -0.550 e.